The van der Waals surface area contributed by atoms with Crippen LogP contribution in [0.25, 0.3) is 0 Å². The van der Waals surface area contributed by atoms with Gasteiger partial charge in [-0.05, 0) is 47.0 Å². The van der Waals surface area contributed by atoms with E-state index in [2.05, 4.69) is 16.8 Å². The van der Waals surface area contributed by atoms with Crippen LogP contribution >= 0.6 is 11.3 Å². The van der Waals surface area contributed by atoms with Crippen LogP contribution in [0.15, 0.2) is 35.0 Å². The Hall–Kier alpha value is -1.52. The van der Waals surface area contributed by atoms with Crippen LogP contribution in [-0.2, 0) is 6.42 Å². The Morgan fingerprint density at radius 2 is 2.06 bits per heavy atom. The van der Waals surface area contributed by atoms with Crippen molar-refractivity contribution in [3.63, 3.8) is 0 Å². The summed E-state index contributed by atoms with van der Waals surface area (Å²) < 4.78 is 10.6. The van der Waals surface area contributed by atoms with Crippen molar-refractivity contribution in [1.82, 2.24) is 0 Å². The number of ether oxygens (including phenoxy) is 2. The fraction of sp³-hybridized carbons (Fsp3) is 0.286. The fourth-order valence-corrected chi connectivity index (χ4v) is 2.58. The van der Waals surface area contributed by atoms with Crippen LogP contribution in [0, 0.1) is 0 Å². The van der Waals surface area contributed by atoms with Crippen LogP contribution in [0.5, 0.6) is 11.5 Å². The van der Waals surface area contributed by atoms with Gasteiger partial charge in [-0.3, -0.25) is 0 Å². The largest absolute Gasteiger partial charge is 0.497 e. The van der Waals surface area contributed by atoms with Crippen LogP contribution < -0.4 is 15.2 Å². The molecule has 3 nitrogen and oxygen atoms in total. The molecule has 0 amide bonds. The van der Waals surface area contributed by atoms with Gasteiger partial charge in [-0.1, -0.05) is 0 Å². The van der Waals surface area contributed by atoms with E-state index in [0.29, 0.717) is 0 Å². The third-order valence-electron chi connectivity index (χ3n) is 2.87. The van der Waals surface area contributed by atoms with Crippen LogP contribution in [0.3, 0.4) is 0 Å². The van der Waals surface area contributed by atoms with Crippen molar-refractivity contribution >= 4 is 11.3 Å². The van der Waals surface area contributed by atoms with E-state index >= 15 is 0 Å². The predicted molar refractivity (Wildman–Crippen MR) is 74.5 cm³/mol. The number of benzene rings is 1. The molecule has 0 fully saturated rings. The Bertz CT molecular complexity index is 497. The van der Waals surface area contributed by atoms with Crippen molar-refractivity contribution in [3.8, 4) is 11.5 Å². The van der Waals surface area contributed by atoms with Gasteiger partial charge >= 0.3 is 0 Å². The van der Waals surface area contributed by atoms with Crippen molar-refractivity contribution in [3.05, 3.63) is 46.2 Å². The molecule has 0 saturated heterocycles. The average Bonchev–Trinajstić information content (AvgIpc) is 2.90. The van der Waals surface area contributed by atoms with Gasteiger partial charge in [0.2, 0.25) is 0 Å². The summed E-state index contributed by atoms with van der Waals surface area (Å²) in [5, 5.41) is 4.18. The quantitative estimate of drug-likeness (QED) is 0.902. The van der Waals surface area contributed by atoms with Gasteiger partial charge in [0.25, 0.3) is 0 Å². The minimum atomic E-state index is -0.0929. The smallest absolute Gasteiger partial charge is 0.123 e. The van der Waals surface area contributed by atoms with E-state index in [-0.39, 0.29) is 6.04 Å². The normalized spacial score (nSPS) is 12.2. The molecule has 1 aromatic carbocycles. The molecule has 0 spiro atoms. The second-order valence-electron chi connectivity index (χ2n) is 4.05. The number of nitrogens with two attached hydrogens (primary N) is 1. The number of hydrogen-bond donors (Lipinski definition) is 1. The molecule has 4 heteroatoms. The van der Waals surface area contributed by atoms with Crippen molar-refractivity contribution in [1.29, 1.82) is 0 Å². The van der Waals surface area contributed by atoms with E-state index < -0.39 is 0 Å². The lowest BCUT2D eigenvalue weighted by Gasteiger charge is -2.16. The highest BCUT2D eigenvalue weighted by molar-refractivity contribution is 7.07. The van der Waals surface area contributed by atoms with E-state index in [1.165, 1.54) is 5.56 Å². The maximum absolute atomic E-state index is 6.26. The van der Waals surface area contributed by atoms with E-state index in [1.54, 1.807) is 25.6 Å². The molecule has 0 saturated carbocycles. The summed E-state index contributed by atoms with van der Waals surface area (Å²) >= 11 is 1.68. The van der Waals surface area contributed by atoms with Gasteiger partial charge < -0.3 is 15.2 Å². The third kappa shape index (κ3) is 2.83. The van der Waals surface area contributed by atoms with Gasteiger partial charge in [0, 0.05) is 11.6 Å². The molecular weight excluding hydrogens is 246 g/mol. The Morgan fingerprint density at radius 3 is 2.67 bits per heavy atom. The second-order valence-corrected chi connectivity index (χ2v) is 4.83. The summed E-state index contributed by atoms with van der Waals surface area (Å²) in [6, 6.07) is 7.71. The van der Waals surface area contributed by atoms with Gasteiger partial charge in [0.15, 0.2) is 0 Å². The van der Waals surface area contributed by atoms with E-state index in [4.69, 9.17) is 15.2 Å². The van der Waals surface area contributed by atoms with Crippen LogP contribution in [-0.4, -0.2) is 14.2 Å². The monoisotopic (exact) mass is 263 g/mol. The first kappa shape index (κ1) is 12.9. The molecule has 0 bridgehead atoms. The molecule has 0 aliphatic rings. The Kier molecular flexibility index (Phi) is 4.23. The van der Waals surface area contributed by atoms with Crippen LogP contribution in [0.2, 0.25) is 0 Å². The maximum atomic E-state index is 6.26. The lowest BCUT2D eigenvalue weighted by Crippen LogP contribution is -2.14. The first-order valence-corrected chi connectivity index (χ1v) is 6.67. The zero-order valence-electron chi connectivity index (χ0n) is 10.6. The predicted octanol–water partition coefficient (Wildman–Crippen LogP) is 3.01. The molecule has 0 radical (unpaired) electrons. The molecule has 2 N–H and O–H groups in total. The molecular formula is C14H17NO2S. The minimum absolute atomic E-state index is 0.0929. The van der Waals surface area contributed by atoms with E-state index in [1.807, 2.05) is 18.2 Å². The maximum Gasteiger partial charge on any atom is 0.123 e. The van der Waals surface area contributed by atoms with Gasteiger partial charge in [-0.15, -0.1) is 0 Å². The average molecular weight is 263 g/mol. The molecule has 2 rings (SSSR count). The Balaban J connectivity index is 2.24. The van der Waals surface area contributed by atoms with Crippen molar-refractivity contribution in [2.24, 2.45) is 5.73 Å². The zero-order valence-corrected chi connectivity index (χ0v) is 11.4. The molecule has 0 aliphatic heterocycles. The first-order valence-electron chi connectivity index (χ1n) is 5.73. The SMILES string of the molecule is COc1ccc(OC)c(C(N)Cc2ccsc2)c1. The molecule has 1 atom stereocenters. The van der Waals surface area contributed by atoms with Crippen molar-refractivity contribution in [2.45, 2.75) is 12.5 Å². The molecule has 1 aromatic heterocycles. The summed E-state index contributed by atoms with van der Waals surface area (Å²) in [5.41, 5.74) is 8.48. The van der Waals surface area contributed by atoms with Gasteiger partial charge in [-0.25, -0.2) is 0 Å². The highest BCUT2D eigenvalue weighted by Gasteiger charge is 2.14. The zero-order chi connectivity index (χ0) is 13.0. The summed E-state index contributed by atoms with van der Waals surface area (Å²) in [4.78, 5) is 0. The molecule has 2 aromatic rings. The van der Waals surface area contributed by atoms with Crippen LogP contribution in [0.4, 0.5) is 0 Å². The molecule has 1 heterocycles. The number of thiophene rings is 1. The van der Waals surface area contributed by atoms with Crippen molar-refractivity contribution in [2.75, 3.05) is 14.2 Å². The summed E-state index contributed by atoms with van der Waals surface area (Å²) in [5.74, 6) is 1.60. The second kappa shape index (κ2) is 5.89. The van der Waals surface area contributed by atoms with Gasteiger partial charge in [0.1, 0.15) is 11.5 Å². The summed E-state index contributed by atoms with van der Waals surface area (Å²) in [6.45, 7) is 0. The number of hydrogen-bond acceptors (Lipinski definition) is 4. The van der Waals surface area contributed by atoms with Gasteiger partial charge in [0.05, 0.1) is 14.2 Å². The third-order valence-corrected chi connectivity index (χ3v) is 3.60. The first-order chi connectivity index (χ1) is 8.74. The fourth-order valence-electron chi connectivity index (χ4n) is 1.90. The van der Waals surface area contributed by atoms with Gasteiger partial charge in [-0.2, -0.15) is 11.3 Å². The number of rotatable bonds is 5. The topological polar surface area (TPSA) is 44.5 Å². The molecule has 18 heavy (non-hydrogen) atoms. The lowest BCUT2D eigenvalue weighted by molar-refractivity contribution is 0.395. The number of methoxy groups -OCH3 is 2. The highest BCUT2D eigenvalue weighted by Crippen LogP contribution is 2.30. The minimum Gasteiger partial charge on any atom is -0.497 e. The Labute approximate surface area is 111 Å². The van der Waals surface area contributed by atoms with Crippen molar-refractivity contribution < 1.29 is 9.47 Å². The molecule has 0 aliphatic carbocycles. The Morgan fingerprint density at radius 1 is 1.22 bits per heavy atom. The molecule has 1 unspecified atom stereocenters. The van der Waals surface area contributed by atoms with E-state index in [0.717, 1.165) is 23.5 Å². The highest BCUT2D eigenvalue weighted by atomic mass is 32.1. The molecule has 96 valence electrons. The van der Waals surface area contributed by atoms with E-state index in [9.17, 15) is 0 Å². The van der Waals surface area contributed by atoms with Crippen LogP contribution in [0.1, 0.15) is 17.2 Å². The standard InChI is InChI=1S/C14H17NO2S/c1-16-11-3-4-14(17-2)12(8-11)13(15)7-10-5-6-18-9-10/h3-6,8-9,13H,7,15H2,1-2H3. The summed E-state index contributed by atoms with van der Waals surface area (Å²) in [6.07, 6.45) is 0.799. The lowest BCUT2D eigenvalue weighted by atomic mass is 10.0. The summed E-state index contributed by atoms with van der Waals surface area (Å²) in [7, 11) is 3.30.